The Bertz CT molecular complexity index is 655. The van der Waals surface area contributed by atoms with Gasteiger partial charge in [-0.1, -0.05) is 19.1 Å². The van der Waals surface area contributed by atoms with E-state index in [9.17, 15) is 14.3 Å². The summed E-state index contributed by atoms with van der Waals surface area (Å²) in [6, 6.07) is 5.70. The number of nitrogens with zero attached hydrogens (tertiary/aromatic N) is 2. The van der Waals surface area contributed by atoms with Crippen LogP contribution < -0.4 is 5.32 Å². The molecule has 22 heavy (non-hydrogen) atoms. The van der Waals surface area contributed by atoms with Gasteiger partial charge in [0.2, 0.25) is 0 Å². The van der Waals surface area contributed by atoms with E-state index in [0.29, 0.717) is 11.1 Å². The molecule has 0 aliphatic rings. The highest BCUT2D eigenvalue weighted by Gasteiger charge is 2.16. The van der Waals surface area contributed by atoms with Crippen molar-refractivity contribution in [3.8, 4) is 0 Å². The number of hydrogen-bond donors (Lipinski definition) is 2. The summed E-state index contributed by atoms with van der Waals surface area (Å²) in [6.07, 6.45) is 1.50. The Labute approximate surface area is 128 Å². The van der Waals surface area contributed by atoms with E-state index in [1.165, 1.54) is 24.4 Å². The lowest BCUT2D eigenvalue weighted by Gasteiger charge is -2.12. The number of halogens is 1. The molecule has 1 aromatic heterocycles. The Balaban J connectivity index is 1.98. The molecule has 0 saturated carbocycles. The van der Waals surface area contributed by atoms with Gasteiger partial charge in [-0.2, -0.15) is 5.10 Å². The molecule has 1 aromatic carbocycles. The minimum atomic E-state index is -0.953. The third kappa shape index (κ3) is 3.71. The maximum absolute atomic E-state index is 13.1. The van der Waals surface area contributed by atoms with Crippen LogP contribution in [0.2, 0.25) is 0 Å². The number of nitrogens with one attached hydrogen (secondary N) is 1. The van der Waals surface area contributed by atoms with Crippen molar-refractivity contribution < 1.29 is 14.3 Å². The highest BCUT2D eigenvalue weighted by molar-refractivity contribution is 5.95. The van der Waals surface area contributed by atoms with Crippen LogP contribution in [-0.2, 0) is 6.54 Å². The zero-order chi connectivity index (χ0) is 16.1. The summed E-state index contributed by atoms with van der Waals surface area (Å²) in [7, 11) is 0. The van der Waals surface area contributed by atoms with Gasteiger partial charge >= 0.3 is 0 Å². The molecule has 6 heteroatoms. The number of aryl methyl sites for hydroxylation is 1. The lowest BCUT2D eigenvalue weighted by Crippen LogP contribution is -2.28. The van der Waals surface area contributed by atoms with Gasteiger partial charge in [0.25, 0.3) is 5.91 Å². The molecule has 2 rings (SSSR count). The number of rotatable bonds is 6. The predicted molar refractivity (Wildman–Crippen MR) is 80.9 cm³/mol. The van der Waals surface area contributed by atoms with Crippen molar-refractivity contribution in [1.82, 2.24) is 15.1 Å². The average molecular weight is 305 g/mol. The molecule has 1 amide bonds. The van der Waals surface area contributed by atoms with Gasteiger partial charge in [0.15, 0.2) is 0 Å². The third-order valence-corrected chi connectivity index (χ3v) is 3.47. The van der Waals surface area contributed by atoms with E-state index in [-0.39, 0.29) is 12.5 Å². The molecule has 2 N–H and O–H groups in total. The summed E-state index contributed by atoms with van der Waals surface area (Å²) in [4.78, 5) is 12.1. The first-order valence-corrected chi connectivity index (χ1v) is 7.27. The van der Waals surface area contributed by atoms with Crippen molar-refractivity contribution >= 4 is 5.91 Å². The molecule has 2 aromatic rings. The summed E-state index contributed by atoms with van der Waals surface area (Å²) < 4.78 is 14.9. The average Bonchev–Trinajstić information content (AvgIpc) is 2.86. The second-order valence-electron chi connectivity index (χ2n) is 5.15. The van der Waals surface area contributed by atoms with Crippen molar-refractivity contribution in [3.05, 3.63) is 53.1 Å². The quantitative estimate of drug-likeness (QED) is 0.860. The van der Waals surface area contributed by atoms with E-state index in [4.69, 9.17) is 0 Å². The van der Waals surface area contributed by atoms with Crippen LogP contribution >= 0.6 is 0 Å². The lowest BCUT2D eigenvalue weighted by molar-refractivity contribution is 0.0915. The fourth-order valence-electron chi connectivity index (χ4n) is 2.22. The normalized spacial score (nSPS) is 12.2. The van der Waals surface area contributed by atoms with E-state index < -0.39 is 11.9 Å². The Morgan fingerprint density at radius 3 is 2.95 bits per heavy atom. The van der Waals surface area contributed by atoms with E-state index >= 15 is 0 Å². The number of aliphatic hydroxyl groups is 1. The first-order valence-electron chi connectivity index (χ1n) is 7.27. The molecule has 5 nitrogen and oxygen atoms in total. The Morgan fingerprint density at radius 1 is 1.50 bits per heavy atom. The van der Waals surface area contributed by atoms with Gasteiger partial charge in [-0.25, -0.2) is 4.39 Å². The van der Waals surface area contributed by atoms with Crippen LogP contribution in [0.25, 0.3) is 0 Å². The van der Waals surface area contributed by atoms with Crippen molar-refractivity contribution in [1.29, 1.82) is 0 Å². The van der Waals surface area contributed by atoms with Crippen LogP contribution in [0.5, 0.6) is 0 Å². The molecule has 0 spiro atoms. The molecule has 1 atom stereocenters. The summed E-state index contributed by atoms with van der Waals surface area (Å²) in [5.41, 5.74) is 1.71. The first kappa shape index (κ1) is 16.2. The number of hydrogen-bond acceptors (Lipinski definition) is 3. The molecule has 118 valence electrons. The molecular formula is C16H20FN3O2. The molecule has 0 fully saturated rings. The van der Waals surface area contributed by atoms with Gasteiger partial charge < -0.3 is 10.4 Å². The molecule has 0 aliphatic heterocycles. The molecule has 1 unspecified atom stereocenters. The topological polar surface area (TPSA) is 67.2 Å². The van der Waals surface area contributed by atoms with Gasteiger partial charge in [-0.3, -0.25) is 9.48 Å². The van der Waals surface area contributed by atoms with E-state index in [0.717, 1.165) is 18.7 Å². The number of amides is 1. The van der Waals surface area contributed by atoms with E-state index in [1.54, 1.807) is 10.7 Å². The number of carbonyl (C=O) groups is 1. The minimum absolute atomic E-state index is 0.0146. The van der Waals surface area contributed by atoms with Gasteiger partial charge in [-0.15, -0.1) is 0 Å². The van der Waals surface area contributed by atoms with Gasteiger partial charge in [0, 0.05) is 18.8 Å². The van der Waals surface area contributed by atoms with Crippen LogP contribution in [-0.4, -0.2) is 27.3 Å². The van der Waals surface area contributed by atoms with Crippen LogP contribution in [0.15, 0.2) is 30.5 Å². The first-order chi connectivity index (χ1) is 10.5. The van der Waals surface area contributed by atoms with E-state index in [1.807, 2.05) is 13.8 Å². The summed E-state index contributed by atoms with van der Waals surface area (Å²) in [5.74, 6) is -0.713. The standard InChI is InChI=1S/C16H20FN3O2/c1-3-7-20-11(2)14(9-19-20)16(22)18-10-15(21)12-5-4-6-13(17)8-12/h4-6,8-9,15,21H,3,7,10H2,1-2H3,(H,18,22). The number of carbonyl (C=O) groups excluding carboxylic acids is 1. The van der Waals surface area contributed by atoms with Crippen LogP contribution in [0, 0.1) is 12.7 Å². The zero-order valence-corrected chi connectivity index (χ0v) is 12.7. The van der Waals surface area contributed by atoms with Crippen molar-refractivity contribution in [2.24, 2.45) is 0 Å². The molecule has 0 bridgehead atoms. The van der Waals surface area contributed by atoms with Gasteiger partial charge in [-0.05, 0) is 31.0 Å². The van der Waals surface area contributed by atoms with Crippen LogP contribution in [0.4, 0.5) is 4.39 Å². The van der Waals surface area contributed by atoms with Crippen LogP contribution in [0.3, 0.4) is 0 Å². The molecular weight excluding hydrogens is 285 g/mol. The molecule has 1 heterocycles. The highest BCUT2D eigenvalue weighted by atomic mass is 19.1. The smallest absolute Gasteiger partial charge is 0.254 e. The molecule has 0 saturated heterocycles. The van der Waals surface area contributed by atoms with Gasteiger partial charge in [0.1, 0.15) is 5.82 Å². The maximum Gasteiger partial charge on any atom is 0.254 e. The number of aliphatic hydroxyl groups excluding tert-OH is 1. The SMILES string of the molecule is CCCn1ncc(C(=O)NCC(O)c2cccc(F)c2)c1C. The molecule has 0 radical (unpaired) electrons. The maximum atomic E-state index is 13.1. The third-order valence-electron chi connectivity index (χ3n) is 3.47. The van der Waals surface area contributed by atoms with Gasteiger partial charge in [0.05, 0.1) is 17.9 Å². The second kappa shape index (κ2) is 7.17. The van der Waals surface area contributed by atoms with Crippen molar-refractivity contribution in [3.63, 3.8) is 0 Å². The summed E-state index contributed by atoms with van der Waals surface area (Å²) >= 11 is 0. The Morgan fingerprint density at radius 2 is 2.27 bits per heavy atom. The summed E-state index contributed by atoms with van der Waals surface area (Å²) in [5, 5.41) is 16.8. The van der Waals surface area contributed by atoms with E-state index in [2.05, 4.69) is 10.4 Å². The van der Waals surface area contributed by atoms with Crippen molar-refractivity contribution in [2.75, 3.05) is 6.54 Å². The lowest BCUT2D eigenvalue weighted by atomic mass is 10.1. The fourth-order valence-corrected chi connectivity index (χ4v) is 2.22. The second-order valence-corrected chi connectivity index (χ2v) is 5.15. The fraction of sp³-hybridized carbons (Fsp3) is 0.375. The predicted octanol–water partition coefficient (Wildman–Crippen LogP) is 2.20. The Kier molecular flexibility index (Phi) is 5.27. The number of aromatic nitrogens is 2. The van der Waals surface area contributed by atoms with Crippen molar-refractivity contribution in [2.45, 2.75) is 32.9 Å². The monoisotopic (exact) mass is 305 g/mol. The molecule has 0 aliphatic carbocycles. The number of benzene rings is 1. The zero-order valence-electron chi connectivity index (χ0n) is 12.7. The summed E-state index contributed by atoms with van der Waals surface area (Å²) in [6.45, 7) is 4.64. The highest BCUT2D eigenvalue weighted by Crippen LogP contribution is 2.14. The minimum Gasteiger partial charge on any atom is -0.387 e. The Hall–Kier alpha value is -2.21. The largest absolute Gasteiger partial charge is 0.387 e. The van der Waals surface area contributed by atoms with Crippen LogP contribution in [0.1, 0.15) is 41.1 Å².